The molecule has 0 aliphatic heterocycles. The summed E-state index contributed by atoms with van der Waals surface area (Å²) in [7, 11) is 0. The summed E-state index contributed by atoms with van der Waals surface area (Å²) in [5, 5.41) is 2.53. The van der Waals surface area contributed by atoms with Gasteiger partial charge >= 0.3 is 6.03 Å². The molecule has 0 aromatic carbocycles. The Morgan fingerprint density at radius 1 is 1.15 bits per heavy atom. The van der Waals surface area contributed by atoms with Gasteiger partial charge in [0.1, 0.15) is 0 Å². The van der Waals surface area contributed by atoms with E-state index < -0.39 is 6.03 Å². The predicted molar refractivity (Wildman–Crippen MR) is 58.8 cm³/mol. The number of urea groups is 1. The molecular weight excluding hydrogens is 236 g/mol. The van der Waals surface area contributed by atoms with Crippen LogP contribution in [0.4, 0.5) is 4.79 Å². The van der Waals surface area contributed by atoms with Gasteiger partial charge in [0.25, 0.3) is 0 Å². The molecule has 0 aliphatic carbocycles. The Bertz CT molecular complexity index is 210. The summed E-state index contributed by atoms with van der Waals surface area (Å²) < 4.78 is 0. The Labute approximate surface area is 91.3 Å². The molecule has 76 valence electrons. The van der Waals surface area contributed by atoms with E-state index in [1.54, 1.807) is 0 Å². The lowest BCUT2D eigenvalue weighted by atomic mass is 11.0. The molecule has 2 amide bonds. The molecule has 0 radical (unpaired) electrons. The number of thiocarbonyl (C=S) groups is 2. The van der Waals surface area contributed by atoms with Gasteiger partial charge < -0.3 is 16.8 Å². The van der Waals surface area contributed by atoms with Crippen molar-refractivity contribution in [3.05, 3.63) is 0 Å². The number of rotatable bonds is 2. The summed E-state index contributed by atoms with van der Waals surface area (Å²) >= 11 is 9.11. The van der Waals surface area contributed by atoms with Gasteiger partial charge in [-0.05, 0) is 24.4 Å². The van der Waals surface area contributed by atoms with Crippen LogP contribution >= 0.6 is 36.8 Å². The van der Waals surface area contributed by atoms with Gasteiger partial charge in [-0.1, -0.05) is 0 Å². The summed E-state index contributed by atoms with van der Waals surface area (Å²) in [6.45, 7) is 0. The normalized spacial score (nSPS) is 7.69. The second-order valence-electron chi connectivity index (χ2n) is 1.56. The molecule has 0 atom stereocenters. The zero-order chi connectivity index (χ0) is 9.56. The Morgan fingerprint density at radius 3 is 2.08 bits per heavy atom. The molecule has 0 saturated heterocycles. The Hall–Kier alpha value is -0.900. The number of halogens is 1. The van der Waals surface area contributed by atoms with Crippen LogP contribution < -0.4 is 33.2 Å². The highest BCUT2D eigenvalue weighted by Gasteiger charge is 1.94. The van der Waals surface area contributed by atoms with E-state index in [1.807, 2.05) is 5.43 Å². The minimum absolute atomic E-state index is 0. The molecule has 0 spiro atoms. The largest absolute Gasteiger partial charge is 0.376 e. The molecule has 0 unspecified atom stereocenters. The van der Waals surface area contributed by atoms with Crippen molar-refractivity contribution in [1.29, 1.82) is 0 Å². The number of carbonyl (C=O) groups is 1. The predicted octanol–water partition coefficient (Wildman–Crippen LogP) is -1.80. The van der Waals surface area contributed by atoms with Gasteiger partial charge in [-0.2, -0.15) is 0 Å². The van der Waals surface area contributed by atoms with Gasteiger partial charge in [-0.3, -0.25) is 10.9 Å². The van der Waals surface area contributed by atoms with E-state index in [9.17, 15) is 4.79 Å². The van der Waals surface area contributed by atoms with Gasteiger partial charge in [0, 0.05) is 0 Å². The van der Waals surface area contributed by atoms with Gasteiger partial charge in [0.05, 0.1) is 0 Å². The van der Waals surface area contributed by atoms with Gasteiger partial charge in [0.2, 0.25) is 0 Å². The summed E-state index contributed by atoms with van der Waals surface area (Å²) in [6, 6.07) is -0.749. The molecule has 0 aromatic rings. The average Bonchev–Trinajstić information content (AvgIpc) is 1.84. The molecule has 0 saturated carbocycles. The standard InChI is InChI=1S/C3H8N6OS2.ClH/c4-1(10)7-9-8-3(12)6-2(5)11;/h9H,(H3,4,7,10)(H4,5,6,8,11,12);1H. The van der Waals surface area contributed by atoms with Crippen molar-refractivity contribution in [3.63, 3.8) is 0 Å². The first-order valence-electron chi connectivity index (χ1n) is 2.69. The molecular formula is C3H9ClN6OS2. The average molecular weight is 245 g/mol. The fourth-order valence-electron chi connectivity index (χ4n) is 0.293. The number of amides is 2. The molecule has 7 nitrogen and oxygen atoms in total. The van der Waals surface area contributed by atoms with Crippen LogP contribution in [-0.4, -0.2) is 16.3 Å². The summed E-state index contributed by atoms with van der Waals surface area (Å²) in [6.07, 6.45) is 0. The summed E-state index contributed by atoms with van der Waals surface area (Å²) in [5.74, 6) is 0. The zero-order valence-corrected chi connectivity index (χ0v) is 8.74. The monoisotopic (exact) mass is 244 g/mol. The first kappa shape index (κ1) is 14.6. The van der Waals surface area contributed by atoms with E-state index in [4.69, 9.17) is 11.5 Å². The highest BCUT2D eigenvalue weighted by atomic mass is 35.5. The molecule has 0 rings (SSSR count). The van der Waals surface area contributed by atoms with Crippen LogP contribution in [0.25, 0.3) is 0 Å². The molecule has 0 aliphatic rings. The van der Waals surface area contributed by atoms with E-state index in [-0.39, 0.29) is 22.6 Å². The van der Waals surface area contributed by atoms with Gasteiger partial charge in [-0.25, -0.2) is 4.79 Å². The molecule has 0 bridgehead atoms. The number of hydrogen-bond donors (Lipinski definition) is 6. The maximum Gasteiger partial charge on any atom is 0.327 e. The first-order valence-corrected chi connectivity index (χ1v) is 3.51. The van der Waals surface area contributed by atoms with E-state index in [2.05, 4.69) is 40.7 Å². The third kappa shape index (κ3) is 11.1. The number of hydrogen-bond acceptors (Lipinski definition) is 4. The SMILES string of the molecule is Cl.NC(=O)NNNC(=S)NC(N)=S. The molecule has 0 fully saturated rings. The molecule has 10 heteroatoms. The van der Waals surface area contributed by atoms with E-state index in [0.717, 1.165) is 0 Å². The van der Waals surface area contributed by atoms with Gasteiger partial charge in [0.15, 0.2) is 10.2 Å². The summed E-state index contributed by atoms with van der Waals surface area (Å²) in [4.78, 5) is 10.1. The number of hydrazine groups is 2. The smallest absolute Gasteiger partial charge is 0.327 e. The number of primary amides is 1. The fraction of sp³-hybridized carbons (Fsp3) is 0. The van der Waals surface area contributed by atoms with Crippen LogP contribution in [0.2, 0.25) is 0 Å². The van der Waals surface area contributed by atoms with Crippen LogP contribution in [-0.2, 0) is 0 Å². The lowest BCUT2D eigenvalue weighted by Crippen LogP contribution is -2.55. The number of carbonyl (C=O) groups excluding carboxylic acids is 1. The van der Waals surface area contributed by atoms with Crippen molar-refractivity contribution in [3.8, 4) is 0 Å². The highest BCUT2D eigenvalue weighted by molar-refractivity contribution is 7.81. The minimum atomic E-state index is -0.749. The maximum absolute atomic E-state index is 10.1. The van der Waals surface area contributed by atoms with Crippen LogP contribution in [0.3, 0.4) is 0 Å². The molecule has 8 N–H and O–H groups in total. The van der Waals surface area contributed by atoms with Crippen LogP contribution in [0, 0.1) is 0 Å². The second-order valence-corrected chi connectivity index (χ2v) is 2.41. The number of nitrogens with one attached hydrogen (secondary N) is 4. The lowest BCUT2D eigenvalue weighted by Gasteiger charge is -2.09. The van der Waals surface area contributed by atoms with E-state index in [0.29, 0.717) is 0 Å². The number of nitrogens with two attached hydrogens (primary N) is 2. The van der Waals surface area contributed by atoms with Crippen molar-refractivity contribution in [1.82, 2.24) is 21.7 Å². The van der Waals surface area contributed by atoms with Crippen molar-refractivity contribution >= 4 is 53.1 Å². The highest BCUT2D eigenvalue weighted by Crippen LogP contribution is 1.61. The van der Waals surface area contributed by atoms with Crippen LogP contribution in [0.1, 0.15) is 0 Å². The van der Waals surface area contributed by atoms with Gasteiger partial charge in [-0.15, -0.1) is 17.9 Å². The quantitative estimate of drug-likeness (QED) is 0.251. The fourth-order valence-corrected chi connectivity index (χ4v) is 0.620. The maximum atomic E-state index is 10.1. The Morgan fingerprint density at radius 2 is 1.69 bits per heavy atom. The van der Waals surface area contributed by atoms with Crippen LogP contribution in [0.5, 0.6) is 0 Å². The van der Waals surface area contributed by atoms with Crippen molar-refractivity contribution in [2.24, 2.45) is 11.5 Å². The minimum Gasteiger partial charge on any atom is -0.376 e. The summed E-state index contributed by atoms with van der Waals surface area (Å²) in [5.41, 5.74) is 16.3. The lowest BCUT2D eigenvalue weighted by molar-refractivity contribution is 0.243. The Kier molecular flexibility index (Phi) is 8.69. The molecule has 13 heavy (non-hydrogen) atoms. The van der Waals surface area contributed by atoms with Crippen molar-refractivity contribution < 1.29 is 4.79 Å². The Balaban J connectivity index is 0. The van der Waals surface area contributed by atoms with E-state index in [1.165, 1.54) is 0 Å². The third-order valence-corrected chi connectivity index (χ3v) is 0.905. The van der Waals surface area contributed by atoms with Crippen molar-refractivity contribution in [2.75, 3.05) is 0 Å². The molecule has 0 aromatic heterocycles. The third-order valence-electron chi connectivity index (χ3n) is 0.598. The topological polar surface area (TPSA) is 117 Å². The second kappa shape index (κ2) is 7.73. The van der Waals surface area contributed by atoms with E-state index >= 15 is 0 Å². The molecule has 0 heterocycles. The van der Waals surface area contributed by atoms with Crippen molar-refractivity contribution in [2.45, 2.75) is 0 Å². The van der Waals surface area contributed by atoms with Crippen LogP contribution in [0.15, 0.2) is 0 Å². The first-order chi connectivity index (χ1) is 5.52. The zero-order valence-electron chi connectivity index (χ0n) is 6.29.